The number of rotatable bonds is 2. The van der Waals surface area contributed by atoms with Crippen molar-refractivity contribution in [3.63, 3.8) is 0 Å². The smallest absolute Gasteiger partial charge is 0.0924 e. The first-order chi connectivity index (χ1) is 7.90. The van der Waals surface area contributed by atoms with Gasteiger partial charge in [-0.1, -0.05) is 31.2 Å². The monoisotopic (exact) mass is 210 g/mol. The molecule has 1 heterocycles. The molecular formula is C14H14N2. The molecule has 0 bridgehead atoms. The van der Waals surface area contributed by atoms with Crippen molar-refractivity contribution in [3.05, 3.63) is 53.6 Å². The fourth-order valence-electron chi connectivity index (χ4n) is 2.51. The van der Waals surface area contributed by atoms with Gasteiger partial charge in [0.2, 0.25) is 0 Å². The van der Waals surface area contributed by atoms with Crippen LogP contribution in [0, 0.1) is 0 Å². The summed E-state index contributed by atoms with van der Waals surface area (Å²) in [5.41, 5.74) is 5.29. The van der Waals surface area contributed by atoms with Gasteiger partial charge in [-0.05, 0) is 29.2 Å². The molecule has 0 fully saturated rings. The molecule has 1 aromatic carbocycles. The maximum Gasteiger partial charge on any atom is 0.0924 e. The van der Waals surface area contributed by atoms with Crippen molar-refractivity contribution in [2.75, 3.05) is 0 Å². The van der Waals surface area contributed by atoms with E-state index in [-0.39, 0.29) is 0 Å². The second-order valence-electron chi connectivity index (χ2n) is 4.15. The third-order valence-electron chi connectivity index (χ3n) is 3.28. The normalized spacial score (nSPS) is 18.3. The highest BCUT2D eigenvalue weighted by Crippen LogP contribution is 2.42. The van der Waals surface area contributed by atoms with Gasteiger partial charge in [0.15, 0.2) is 0 Å². The first-order valence-electron chi connectivity index (χ1n) is 5.69. The molecule has 0 aliphatic heterocycles. The Morgan fingerprint density at radius 3 is 2.94 bits per heavy atom. The lowest BCUT2D eigenvalue weighted by Gasteiger charge is -2.13. The Morgan fingerprint density at radius 2 is 2.19 bits per heavy atom. The average molecular weight is 210 g/mol. The van der Waals surface area contributed by atoms with Gasteiger partial charge < -0.3 is 4.98 Å². The van der Waals surface area contributed by atoms with Crippen LogP contribution in [-0.2, 0) is 0 Å². The number of hydrogen-bond acceptors (Lipinski definition) is 1. The second kappa shape index (κ2) is 3.63. The van der Waals surface area contributed by atoms with Crippen molar-refractivity contribution < 1.29 is 0 Å². The summed E-state index contributed by atoms with van der Waals surface area (Å²) in [6, 6.07) is 8.62. The maximum absolute atomic E-state index is 4.10. The number of fused-ring (bicyclic) bond motifs is 1. The van der Waals surface area contributed by atoms with Crippen molar-refractivity contribution >= 4 is 11.6 Å². The molecule has 80 valence electrons. The minimum atomic E-state index is 0.511. The number of imidazole rings is 1. The first-order valence-corrected chi connectivity index (χ1v) is 5.69. The average Bonchev–Trinajstić information content (AvgIpc) is 2.95. The Morgan fingerprint density at radius 1 is 1.31 bits per heavy atom. The molecule has 1 unspecified atom stereocenters. The molecule has 2 nitrogen and oxygen atoms in total. The fraction of sp³-hybridized carbons (Fsp3) is 0.214. The largest absolute Gasteiger partial charge is 0.345 e. The van der Waals surface area contributed by atoms with Gasteiger partial charge in [0.1, 0.15) is 0 Å². The summed E-state index contributed by atoms with van der Waals surface area (Å²) >= 11 is 0. The second-order valence-corrected chi connectivity index (χ2v) is 4.15. The van der Waals surface area contributed by atoms with Gasteiger partial charge in [0.25, 0.3) is 0 Å². The van der Waals surface area contributed by atoms with E-state index in [1.54, 1.807) is 6.33 Å². The molecule has 0 amide bonds. The zero-order valence-corrected chi connectivity index (χ0v) is 9.27. The summed E-state index contributed by atoms with van der Waals surface area (Å²) in [6.45, 7) is 2.23. The highest BCUT2D eigenvalue weighted by atomic mass is 14.9. The van der Waals surface area contributed by atoms with Gasteiger partial charge in [0, 0.05) is 5.92 Å². The molecule has 16 heavy (non-hydrogen) atoms. The Bertz CT molecular complexity index is 523. The summed E-state index contributed by atoms with van der Waals surface area (Å²) in [7, 11) is 0. The number of nitrogens with zero attached hydrogens (tertiary/aromatic N) is 1. The summed E-state index contributed by atoms with van der Waals surface area (Å²) in [5.74, 6) is 0.511. The van der Waals surface area contributed by atoms with Gasteiger partial charge in [-0.3, -0.25) is 0 Å². The van der Waals surface area contributed by atoms with Crippen molar-refractivity contribution in [1.29, 1.82) is 0 Å². The van der Waals surface area contributed by atoms with Crippen LogP contribution in [-0.4, -0.2) is 9.97 Å². The number of allylic oxidation sites excluding steroid dienone is 1. The number of benzene rings is 1. The summed E-state index contributed by atoms with van der Waals surface area (Å²) < 4.78 is 0. The lowest BCUT2D eigenvalue weighted by molar-refractivity contribution is 0.831. The van der Waals surface area contributed by atoms with Crippen LogP contribution in [0.15, 0.2) is 36.8 Å². The van der Waals surface area contributed by atoms with Crippen LogP contribution in [0.2, 0.25) is 0 Å². The summed E-state index contributed by atoms with van der Waals surface area (Å²) in [4.78, 5) is 7.30. The van der Waals surface area contributed by atoms with Gasteiger partial charge in [-0.25, -0.2) is 4.98 Å². The Balaban J connectivity index is 2.10. The number of nitrogens with one attached hydrogen (secondary N) is 1. The summed E-state index contributed by atoms with van der Waals surface area (Å²) in [5, 5.41) is 0. The van der Waals surface area contributed by atoms with E-state index >= 15 is 0 Å². The van der Waals surface area contributed by atoms with Crippen LogP contribution in [0.3, 0.4) is 0 Å². The Labute approximate surface area is 95.0 Å². The number of aromatic nitrogens is 2. The number of hydrogen-bond donors (Lipinski definition) is 1. The minimum absolute atomic E-state index is 0.511. The van der Waals surface area contributed by atoms with E-state index in [9.17, 15) is 0 Å². The van der Waals surface area contributed by atoms with E-state index in [2.05, 4.69) is 47.2 Å². The van der Waals surface area contributed by atoms with E-state index in [1.165, 1.54) is 16.7 Å². The highest BCUT2D eigenvalue weighted by molar-refractivity contribution is 5.90. The molecule has 2 heteroatoms. The predicted octanol–water partition coefficient (Wildman–Crippen LogP) is 3.46. The van der Waals surface area contributed by atoms with Crippen LogP contribution in [0.5, 0.6) is 0 Å². The van der Waals surface area contributed by atoms with Crippen molar-refractivity contribution in [3.8, 4) is 0 Å². The molecule has 0 spiro atoms. The molecule has 0 saturated heterocycles. The van der Waals surface area contributed by atoms with Crippen molar-refractivity contribution in [2.45, 2.75) is 19.3 Å². The topological polar surface area (TPSA) is 28.7 Å². The molecule has 1 aliphatic rings. The SMILES string of the molecule is CCC1C(c2cnc[nH]2)=Cc2ccccc21. The van der Waals surface area contributed by atoms with Gasteiger partial charge in [-0.15, -0.1) is 0 Å². The van der Waals surface area contributed by atoms with Crippen LogP contribution >= 0.6 is 0 Å². The molecule has 1 atom stereocenters. The Hall–Kier alpha value is -1.83. The summed E-state index contributed by atoms with van der Waals surface area (Å²) in [6.07, 6.45) is 7.05. The van der Waals surface area contributed by atoms with Crippen LogP contribution in [0.1, 0.15) is 36.1 Å². The van der Waals surface area contributed by atoms with Crippen LogP contribution in [0.25, 0.3) is 11.6 Å². The lowest BCUT2D eigenvalue weighted by Crippen LogP contribution is -1.96. The minimum Gasteiger partial charge on any atom is -0.345 e. The molecule has 2 aromatic rings. The molecule has 0 saturated carbocycles. The molecule has 1 aliphatic carbocycles. The van der Waals surface area contributed by atoms with Crippen LogP contribution < -0.4 is 0 Å². The maximum atomic E-state index is 4.10. The lowest BCUT2D eigenvalue weighted by atomic mass is 9.92. The van der Waals surface area contributed by atoms with Gasteiger partial charge >= 0.3 is 0 Å². The van der Waals surface area contributed by atoms with Crippen molar-refractivity contribution in [2.24, 2.45) is 0 Å². The highest BCUT2D eigenvalue weighted by Gasteiger charge is 2.24. The van der Waals surface area contributed by atoms with E-state index in [4.69, 9.17) is 0 Å². The first kappa shape index (κ1) is 9.40. The standard InChI is InChI=1S/C14H14N2/c1-2-11-12-6-4-3-5-10(12)7-13(11)14-8-15-9-16-14/h3-9,11H,2H2,1H3,(H,15,16). The predicted molar refractivity (Wildman–Crippen MR) is 65.9 cm³/mol. The van der Waals surface area contributed by atoms with Gasteiger partial charge in [-0.2, -0.15) is 0 Å². The number of H-pyrrole nitrogens is 1. The zero-order valence-electron chi connectivity index (χ0n) is 9.27. The molecule has 1 aromatic heterocycles. The third kappa shape index (κ3) is 1.30. The Kier molecular flexibility index (Phi) is 2.13. The van der Waals surface area contributed by atoms with E-state index in [1.807, 2.05) is 6.20 Å². The van der Waals surface area contributed by atoms with Crippen LogP contribution in [0.4, 0.5) is 0 Å². The molecule has 1 N–H and O–H groups in total. The molecule has 3 rings (SSSR count). The quantitative estimate of drug-likeness (QED) is 0.808. The number of aromatic amines is 1. The van der Waals surface area contributed by atoms with Crippen molar-refractivity contribution in [1.82, 2.24) is 9.97 Å². The van der Waals surface area contributed by atoms with Gasteiger partial charge in [0.05, 0.1) is 18.2 Å². The van der Waals surface area contributed by atoms with E-state index in [0.29, 0.717) is 5.92 Å². The van der Waals surface area contributed by atoms with E-state index < -0.39 is 0 Å². The zero-order chi connectivity index (χ0) is 11.0. The molecule has 0 radical (unpaired) electrons. The fourth-order valence-corrected chi connectivity index (χ4v) is 2.51. The van der Waals surface area contributed by atoms with E-state index in [0.717, 1.165) is 12.1 Å². The molecular weight excluding hydrogens is 196 g/mol. The third-order valence-corrected chi connectivity index (χ3v) is 3.28.